The molecule has 0 spiro atoms. The second kappa shape index (κ2) is 14.8. The predicted molar refractivity (Wildman–Crippen MR) is 161 cm³/mol. The van der Waals surface area contributed by atoms with E-state index in [-0.39, 0.29) is 30.9 Å². The van der Waals surface area contributed by atoms with Crippen molar-refractivity contribution in [2.24, 2.45) is 17.1 Å². The van der Waals surface area contributed by atoms with Crippen LogP contribution in [0, 0.1) is 23.0 Å². The van der Waals surface area contributed by atoms with Crippen LogP contribution in [-0.4, -0.2) is 47.6 Å². The molecule has 0 saturated heterocycles. The van der Waals surface area contributed by atoms with Crippen molar-refractivity contribution in [3.8, 4) is 0 Å². The highest BCUT2D eigenvalue weighted by molar-refractivity contribution is 9.10. The number of carbonyl (C=O) groups is 2. The SMILES string of the molecule is CCCN(CCC)C(=O)C1=CC(C)=CC(C(N)=O)([C@H](Cc2cc(F)cc(F)c2)[C@@H](O)CNCc2cccc(Br)c2)C1. The Morgan fingerprint density at radius 2 is 1.76 bits per heavy atom. The summed E-state index contributed by atoms with van der Waals surface area (Å²) in [6.07, 6.45) is 3.84. The molecule has 1 aliphatic carbocycles. The van der Waals surface area contributed by atoms with Crippen LogP contribution in [0.15, 0.2) is 70.2 Å². The lowest BCUT2D eigenvalue weighted by Gasteiger charge is -2.42. The first-order chi connectivity index (χ1) is 19.5. The number of allylic oxidation sites excluding steroid dienone is 2. The van der Waals surface area contributed by atoms with Crippen molar-refractivity contribution < 1.29 is 23.5 Å². The van der Waals surface area contributed by atoms with Crippen molar-refractivity contribution in [1.82, 2.24) is 10.2 Å². The minimum atomic E-state index is -1.46. The lowest BCUT2D eigenvalue weighted by molar-refractivity contribution is -0.132. The standard InChI is InChI=1S/C32H40BrF2N3O3/c1-4-9-38(10-5-2)30(40)24-11-21(3)17-32(18-24,31(36)41)28(15-23-13-26(34)16-27(35)14-23)29(39)20-37-19-22-7-6-8-25(33)12-22/h6-8,11-14,16-17,28-29,37,39H,4-5,9-10,15,18-20H2,1-3H3,(H2,36,41)/t28-,29+,32?/m1/s1. The monoisotopic (exact) mass is 631 g/mol. The van der Waals surface area contributed by atoms with Crippen LogP contribution in [0.3, 0.4) is 0 Å². The molecule has 3 rings (SSSR count). The molecular formula is C32H40BrF2N3O3. The third-order valence-corrected chi connectivity index (χ3v) is 7.95. The molecule has 0 aromatic heterocycles. The van der Waals surface area contributed by atoms with E-state index in [1.807, 2.05) is 38.1 Å². The van der Waals surface area contributed by atoms with Crippen LogP contribution in [0.1, 0.15) is 51.2 Å². The molecule has 222 valence electrons. The van der Waals surface area contributed by atoms with Gasteiger partial charge in [-0.25, -0.2) is 8.78 Å². The van der Waals surface area contributed by atoms with Crippen molar-refractivity contribution in [2.75, 3.05) is 19.6 Å². The molecule has 2 amide bonds. The summed E-state index contributed by atoms with van der Waals surface area (Å²) in [6.45, 7) is 7.45. The quantitative estimate of drug-likeness (QED) is 0.259. The number of nitrogens with zero attached hydrogens (tertiary/aromatic N) is 1. The third kappa shape index (κ3) is 8.56. The number of carbonyl (C=O) groups excluding carboxylic acids is 2. The van der Waals surface area contributed by atoms with Gasteiger partial charge in [-0.2, -0.15) is 0 Å². The largest absolute Gasteiger partial charge is 0.391 e. The molecule has 0 heterocycles. The van der Waals surface area contributed by atoms with Crippen LogP contribution in [0.4, 0.5) is 8.78 Å². The summed E-state index contributed by atoms with van der Waals surface area (Å²) in [6, 6.07) is 10.9. The number of hydrogen-bond donors (Lipinski definition) is 3. The number of halogens is 3. The maximum absolute atomic E-state index is 14.2. The number of amides is 2. The van der Waals surface area contributed by atoms with E-state index in [2.05, 4.69) is 21.2 Å². The van der Waals surface area contributed by atoms with Crippen molar-refractivity contribution in [1.29, 1.82) is 0 Å². The van der Waals surface area contributed by atoms with E-state index < -0.39 is 35.0 Å². The van der Waals surface area contributed by atoms with Crippen LogP contribution in [0.25, 0.3) is 0 Å². The summed E-state index contributed by atoms with van der Waals surface area (Å²) >= 11 is 3.45. The van der Waals surface area contributed by atoms with Gasteiger partial charge in [0.15, 0.2) is 0 Å². The van der Waals surface area contributed by atoms with E-state index in [1.165, 1.54) is 12.1 Å². The average molecular weight is 633 g/mol. The smallest absolute Gasteiger partial charge is 0.249 e. The summed E-state index contributed by atoms with van der Waals surface area (Å²) in [5, 5.41) is 14.8. The summed E-state index contributed by atoms with van der Waals surface area (Å²) in [7, 11) is 0. The van der Waals surface area contributed by atoms with Crippen LogP contribution in [0.2, 0.25) is 0 Å². The molecule has 41 heavy (non-hydrogen) atoms. The van der Waals surface area contributed by atoms with Crippen LogP contribution in [0.5, 0.6) is 0 Å². The van der Waals surface area contributed by atoms with Gasteiger partial charge in [-0.15, -0.1) is 0 Å². The van der Waals surface area contributed by atoms with Gasteiger partial charge in [-0.05, 0) is 68.0 Å². The first kappa shape index (κ1) is 32.6. The fourth-order valence-corrected chi connectivity index (χ4v) is 6.16. The van der Waals surface area contributed by atoms with Gasteiger partial charge in [-0.3, -0.25) is 9.59 Å². The number of hydrogen-bond acceptors (Lipinski definition) is 4. The molecule has 0 fully saturated rings. The van der Waals surface area contributed by atoms with Gasteiger partial charge in [0.1, 0.15) is 11.6 Å². The van der Waals surface area contributed by atoms with E-state index in [0.29, 0.717) is 30.8 Å². The zero-order chi connectivity index (χ0) is 30.2. The highest BCUT2D eigenvalue weighted by Crippen LogP contribution is 2.44. The zero-order valence-corrected chi connectivity index (χ0v) is 25.5. The highest BCUT2D eigenvalue weighted by Gasteiger charge is 2.48. The maximum Gasteiger partial charge on any atom is 0.249 e. The number of aliphatic hydroxyl groups excluding tert-OH is 1. The Balaban J connectivity index is 1.98. The maximum atomic E-state index is 14.2. The van der Waals surface area contributed by atoms with Crippen LogP contribution < -0.4 is 11.1 Å². The molecule has 0 saturated carbocycles. The highest BCUT2D eigenvalue weighted by atomic mass is 79.9. The number of nitrogens with one attached hydrogen (secondary N) is 1. The van der Waals surface area contributed by atoms with E-state index in [4.69, 9.17) is 5.73 Å². The number of primary amides is 1. The summed E-state index contributed by atoms with van der Waals surface area (Å²) in [4.78, 5) is 28.8. The van der Waals surface area contributed by atoms with Gasteiger partial charge in [0.25, 0.3) is 0 Å². The van der Waals surface area contributed by atoms with Crippen LogP contribution >= 0.6 is 15.9 Å². The Morgan fingerprint density at radius 1 is 1.10 bits per heavy atom. The molecule has 4 N–H and O–H groups in total. The molecule has 6 nitrogen and oxygen atoms in total. The minimum absolute atomic E-state index is 0.0202. The van der Waals surface area contributed by atoms with E-state index in [1.54, 1.807) is 24.0 Å². The van der Waals surface area contributed by atoms with Crippen molar-refractivity contribution >= 4 is 27.7 Å². The molecule has 0 radical (unpaired) electrons. The van der Waals surface area contributed by atoms with Gasteiger partial charge in [0.05, 0.1) is 11.5 Å². The van der Waals surface area contributed by atoms with Gasteiger partial charge in [0, 0.05) is 48.2 Å². The topological polar surface area (TPSA) is 95.7 Å². The van der Waals surface area contributed by atoms with Gasteiger partial charge < -0.3 is 21.1 Å². The van der Waals surface area contributed by atoms with Crippen molar-refractivity contribution in [3.63, 3.8) is 0 Å². The number of rotatable bonds is 14. The predicted octanol–water partition coefficient (Wildman–Crippen LogP) is 5.43. The molecule has 2 aromatic rings. The third-order valence-electron chi connectivity index (χ3n) is 7.45. The molecule has 1 aliphatic rings. The number of aliphatic hydroxyl groups is 1. The van der Waals surface area contributed by atoms with Gasteiger partial charge in [0.2, 0.25) is 11.8 Å². The molecule has 9 heteroatoms. The average Bonchev–Trinajstić information content (AvgIpc) is 2.90. The molecule has 3 atom stereocenters. The Hall–Kier alpha value is -2.88. The molecule has 2 aromatic carbocycles. The Morgan fingerprint density at radius 3 is 2.34 bits per heavy atom. The van der Waals surface area contributed by atoms with Crippen molar-refractivity contribution in [3.05, 3.63) is 93.0 Å². The second-order valence-electron chi connectivity index (χ2n) is 10.8. The minimum Gasteiger partial charge on any atom is -0.391 e. The molecule has 1 unspecified atom stereocenters. The molecule has 0 aliphatic heterocycles. The zero-order valence-electron chi connectivity index (χ0n) is 23.9. The second-order valence-corrected chi connectivity index (χ2v) is 11.8. The lowest BCUT2D eigenvalue weighted by Crippen LogP contribution is -2.51. The Labute approximate surface area is 249 Å². The fourth-order valence-electron chi connectivity index (χ4n) is 5.71. The van der Waals surface area contributed by atoms with Gasteiger partial charge in [-0.1, -0.05) is 59.6 Å². The van der Waals surface area contributed by atoms with E-state index >= 15 is 0 Å². The van der Waals surface area contributed by atoms with E-state index in [9.17, 15) is 23.5 Å². The summed E-state index contributed by atoms with van der Waals surface area (Å²) in [5.41, 5.74) is 6.98. The normalized spacial score (nSPS) is 18.3. The Bertz CT molecular complexity index is 1270. The first-order valence-corrected chi connectivity index (χ1v) is 14.9. The molecular weight excluding hydrogens is 592 g/mol. The van der Waals surface area contributed by atoms with E-state index in [0.717, 1.165) is 28.9 Å². The molecule has 0 bridgehead atoms. The first-order valence-electron chi connectivity index (χ1n) is 14.1. The summed E-state index contributed by atoms with van der Waals surface area (Å²) in [5.74, 6) is -3.27. The van der Waals surface area contributed by atoms with Crippen LogP contribution in [-0.2, 0) is 22.6 Å². The van der Waals surface area contributed by atoms with Gasteiger partial charge >= 0.3 is 0 Å². The fraction of sp³-hybridized carbons (Fsp3) is 0.438. The van der Waals surface area contributed by atoms with Crippen molar-refractivity contribution in [2.45, 2.75) is 59.1 Å². The summed E-state index contributed by atoms with van der Waals surface area (Å²) < 4.78 is 29.3. The Kier molecular flexibility index (Phi) is 11.8. The lowest BCUT2D eigenvalue weighted by atomic mass is 9.63. The number of benzene rings is 2. The number of nitrogens with two attached hydrogens (primary N) is 1.